The van der Waals surface area contributed by atoms with E-state index < -0.39 is 41.1 Å². The van der Waals surface area contributed by atoms with E-state index in [1.165, 1.54) is 31.2 Å². The van der Waals surface area contributed by atoms with Gasteiger partial charge in [-0.2, -0.15) is 13.2 Å². The van der Waals surface area contributed by atoms with Gasteiger partial charge in [0.1, 0.15) is 5.60 Å². The molecule has 2 aromatic rings. The largest absolute Gasteiger partial charge is 0.456 e. The van der Waals surface area contributed by atoms with E-state index in [9.17, 15) is 27.9 Å². The van der Waals surface area contributed by atoms with Gasteiger partial charge < -0.3 is 9.84 Å². The number of aryl methyl sites for hydroxylation is 1. The molecule has 0 aliphatic heterocycles. The molecule has 0 radical (unpaired) electrons. The number of alkyl halides is 3. The normalized spacial score (nSPS) is 14.1. The summed E-state index contributed by atoms with van der Waals surface area (Å²) < 4.78 is 46.6. The van der Waals surface area contributed by atoms with E-state index >= 15 is 0 Å². The first-order valence-corrected chi connectivity index (χ1v) is 9.92. The molecule has 4 nitrogen and oxygen atoms in total. The van der Waals surface area contributed by atoms with Crippen LogP contribution in [0.1, 0.15) is 59.0 Å². The molecule has 0 fully saturated rings. The van der Waals surface area contributed by atoms with Crippen molar-refractivity contribution < 1.29 is 32.6 Å². The van der Waals surface area contributed by atoms with Crippen LogP contribution in [0.3, 0.4) is 0 Å². The fourth-order valence-corrected chi connectivity index (χ4v) is 3.42. The zero-order chi connectivity index (χ0) is 23.8. The highest BCUT2D eigenvalue weighted by molar-refractivity contribution is 6.34. The first-order chi connectivity index (χ1) is 14.0. The summed E-state index contributed by atoms with van der Waals surface area (Å²) in [5.41, 5.74) is -4.45. The topological polar surface area (TPSA) is 63.6 Å². The second kappa shape index (κ2) is 8.81. The summed E-state index contributed by atoms with van der Waals surface area (Å²) in [5, 5.41) is 10.3. The Kier molecular flexibility index (Phi) is 7.15. The van der Waals surface area contributed by atoms with Crippen molar-refractivity contribution in [2.45, 2.75) is 51.5 Å². The number of Topliss-reactive ketones (excluding diaryl/α,β-unsaturated/α-hetero) is 1. The van der Waals surface area contributed by atoms with Gasteiger partial charge >= 0.3 is 12.1 Å². The number of carbonyl (C=O) groups excluding carboxylic acids is 2. The molecular formula is C22H21Cl2F3O4. The third-order valence-electron chi connectivity index (χ3n) is 4.39. The van der Waals surface area contributed by atoms with E-state index in [0.717, 1.165) is 12.1 Å². The molecule has 0 heterocycles. The highest BCUT2D eigenvalue weighted by Crippen LogP contribution is 2.43. The molecule has 2 rings (SSSR count). The lowest BCUT2D eigenvalue weighted by atomic mass is 9.86. The quantitative estimate of drug-likeness (QED) is 0.407. The standard InChI is InChI=1S/C22H21Cl2F3O4/c1-12-7-13(5-6-17(12)19(29)31-20(2,3)4)18(28)11-21(30,22(25,26)27)14-8-15(23)10-16(24)9-14/h5-10,30H,11H2,1-4H3. The molecule has 0 saturated heterocycles. The summed E-state index contributed by atoms with van der Waals surface area (Å²) in [6, 6.07) is 6.83. The molecule has 1 unspecified atom stereocenters. The highest BCUT2D eigenvalue weighted by Gasteiger charge is 2.56. The van der Waals surface area contributed by atoms with Crippen LogP contribution in [0.4, 0.5) is 13.2 Å². The number of esters is 1. The van der Waals surface area contributed by atoms with Crippen molar-refractivity contribution in [1.29, 1.82) is 0 Å². The Morgan fingerprint density at radius 3 is 2.00 bits per heavy atom. The number of hydrogen-bond acceptors (Lipinski definition) is 4. The molecule has 0 amide bonds. The molecule has 2 aromatic carbocycles. The summed E-state index contributed by atoms with van der Waals surface area (Å²) in [7, 11) is 0. The van der Waals surface area contributed by atoms with Crippen LogP contribution in [-0.4, -0.2) is 28.6 Å². The van der Waals surface area contributed by atoms with E-state index in [1.54, 1.807) is 20.8 Å². The van der Waals surface area contributed by atoms with Crippen LogP contribution in [0.25, 0.3) is 0 Å². The maximum Gasteiger partial charge on any atom is 0.421 e. The first-order valence-electron chi connectivity index (χ1n) is 9.16. The number of ketones is 1. The molecule has 1 N–H and O–H groups in total. The Morgan fingerprint density at radius 2 is 1.55 bits per heavy atom. The number of benzene rings is 2. The van der Waals surface area contributed by atoms with Gasteiger partial charge in [0.25, 0.3) is 0 Å². The second-order valence-corrected chi connectivity index (χ2v) is 9.02. The lowest BCUT2D eigenvalue weighted by Crippen LogP contribution is -2.44. The summed E-state index contributed by atoms with van der Waals surface area (Å²) >= 11 is 11.6. The maximum absolute atomic E-state index is 13.8. The van der Waals surface area contributed by atoms with Crippen LogP contribution in [0, 0.1) is 6.92 Å². The number of ether oxygens (including phenoxy) is 1. The average molecular weight is 477 g/mol. The summed E-state index contributed by atoms with van der Waals surface area (Å²) in [5.74, 6) is -1.60. The Balaban J connectivity index is 2.39. The lowest BCUT2D eigenvalue weighted by molar-refractivity contribution is -0.264. The SMILES string of the molecule is Cc1cc(C(=O)CC(O)(c2cc(Cl)cc(Cl)c2)C(F)(F)F)ccc1C(=O)OC(C)(C)C. The van der Waals surface area contributed by atoms with Crippen LogP contribution >= 0.6 is 23.2 Å². The Bertz CT molecular complexity index is 993. The van der Waals surface area contributed by atoms with E-state index in [1.807, 2.05) is 0 Å². The number of aliphatic hydroxyl groups is 1. The van der Waals surface area contributed by atoms with E-state index in [0.29, 0.717) is 5.56 Å². The van der Waals surface area contributed by atoms with Gasteiger partial charge in [-0.25, -0.2) is 4.79 Å². The second-order valence-electron chi connectivity index (χ2n) is 8.15. The van der Waals surface area contributed by atoms with Crippen LogP contribution in [0.15, 0.2) is 36.4 Å². The van der Waals surface area contributed by atoms with E-state index in [-0.39, 0.29) is 21.2 Å². The van der Waals surface area contributed by atoms with Crippen molar-refractivity contribution in [1.82, 2.24) is 0 Å². The molecule has 0 aliphatic carbocycles. The Labute approximate surface area is 187 Å². The van der Waals surface area contributed by atoms with Crippen LogP contribution in [0.5, 0.6) is 0 Å². The van der Waals surface area contributed by atoms with Gasteiger partial charge in [-0.3, -0.25) is 4.79 Å². The predicted molar refractivity (Wildman–Crippen MR) is 112 cm³/mol. The molecule has 0 bridgehead atoms. The van der Waals surface area contributed by atoms with E-state index in [4.69, 9.17) is 27.9 Å². The van der Waals surface area contributed by atoms with Gasteiger partial charge in [0.2, 0.25) is 0 Å². The average Bonchev–Trinajstić information content (AvgIpc) is 2.57. The van der Waals surface area contributed by atoms with Crippen molar-refractivity contribution in [2.24, 2.45) is 0 Å². The maximum atomic E-state index is 13.8. The lowest BCUT2D eigenvalue weighted by Gasteiger charge is -2.31. The fourth-order valence-electron chi connectivity index (χ4n) is 2.89. The minimum absolute atomic E-state index is 0.0967. The number of carbonyl (C=O) groups is 2. The number of hydrogen-bond donors (Lipinski definition) is 1. The predicted octanol–water partition coefficient (Wildman–Crippen LogP) is 6.28. The summed E-state index contributed by atoms with van der Waals surface area (Å²) in [6.07, 6.45) is -6.47. The number of rotatable bonds is 5. The monoisotopic (exact) mass is 476 g/mol. The van der Waals surface area contributed by atoms with Crippen molar-refractivity contribution in [3.05, 3.63) is 68.7 Å². The molecule has 168 valence electrons. The van der Waals surface area contributed by atoms with Crippen molar-refractivity contribution in [2.75, 3.05) is 0 Å². The van der Waals surface area contributed by atoms with Gasteiger partial charge in [0.15, 0.2) is 11.4 Å². The third kappa shape index (κ3) is 5.99. The van der Waals surface area contributed by atoms with E-state index in [2.05, 4.69) is 0 Å². The molecular weight excluding hydrogens is 456 g/mol. The molecule has 0 aliphatic rings. The minimum Gasteiger partial charge on any atom is -0.456 e. The molecule has 9 heteroatoms. The molecule has 0 aromatic heterocycles. The molecule has 0 saturated carbocycles. The zero-order valence-electron chi connectivity index (χ0n) is 17.2. The third-order valence-corrected chi connectivity index (χ3v) is 4.83. The smallest absolute Gasteiger partial charge is 0.421 e. The molecule has 1 atom stereocenters. The van der Waals surface area contributed by atoms with Crippen molar-refractivity contribution in [3.8, 4) is 0 Å². The Hall–Kier alpha value is -2.09. The van der Waals surface area contributed by atoms with Crippen molar-refractivity contribution >= 4 is 35.0 Å². The van der Waals surface area contributed by atoms with Crippen LogP contribution < -0.4 is 0 Å². The Morgan fingerprint density at radius 1 is 1.00 bits per heavy atom. The van der Waals surface area contributed by atoms with Gasteiger partial charge in [-0.15, -0.1) is 0 Å². The van der Waals surface area contributed by atoms with Crippen LogP contribution in [0.2, 0.25) is 10.0 Å². The minimum atomic E-state index is -5.18. The van der Waals surface area contributed by atoms with Crippen molar-refractivity contribution in [3.63, 3.8) is 0 Å². The summed E-state index contributed by atoms with van der Waals surface area (Å²) in [6.45, 7) is 6.61. The van der Waals surface area contributed by atoms with Gasteiger partial charge in [-0.05, 0) is 69.2 Å². The fraction of sp³-hybridized carbons (Fsp3) is 0.364. The van der Waals surface area contributed by atoms with Crippen LogP contribution in [-0.2, 0) is 10.3 Å². The van der Waals surface area contributed by atoms with Gasteiger partial charge in [0.05, 0.1) is 12.0 Å². The highest BCUT2D eigenvalue weighted by atomic mass is 35.5. The molecule has 0 spiro atoms. The summed E-state index contributed by atoms with van der Waals surface area (Å²) in [4.78, 5) is 24.9. The van der Waals surface area contributed by atoms with Gasteiger partial charge in [0, 0.05) is 15.6 Å². The number of halogens is 5. The molecule has 31 heavy (non-hydrogen) atoms. The van der Waals surface area contributed by atoms with Gasteiger partial charge in [-0.1, -0.05) is 29.3 Å². The zero-order valence-corrected chi connectivity index (χ0v) is 18.7. The first kappa shape index (κ1) is 25.2.